The second-order valence-electron chi connectivity index (χ2n) is 7.71. The van der Waals surface area contributed by atoms with Gasteiger partial charge in [0.05, 0.1) is 16.3 Å². The van der Waals surface area contributed by atoms with E-state index in [1.165, 1.54) is 33.7 Å². The van der Waals surface area contributed by atoms with Crippen LogP contribution in [-0.2, 0) is 19.5 Å². The summed E-state index contributed by atoms with van der Waals surface area (Å²) in [5.74, 6) is -0.369. The largest absolute Gasteiger partial charge is 0.296 e. The van der Waals surface area contributed by atoms with Crippen LogP contribution in [0, 0.1) is 10.1 Å². The summed E-state index contributed by atoms with van der Waals surface area (Å²) in [6.07, 6.45) is 2.44. The second-order valence-corrected chi connectivity index (χ2v) is 8.80. The van der Waals surface area contributed by atoms with Crippen molar-refractivity contribution in [3.05, 3.63) is 98.8 Å². The van der Waals surface area contributed by atoms with Gasteiger partial charge >= 0.3 is 0 Å². The van der Waals surface area contributed by atoms with Gasteiger partial charge in [0.25, 0.3) is 11.6 Å². The van der Waals surface area contributed by atoms with Crippen LogP contribution >= 0.6 is 11.3 Å². The first kappa shape index (κ1) is 21.0. The zero-order valence-electron chi connectivity index (χ0n) is 17.5. The van der Waals surface area contributed by atoms with Crippen molar-refractivity contribution in [3.8, 4) is 5.69 Å². The van der Waals surface area contributed by atoms with Gasteiger partial charge in [-0.1, -0.05) is 36.4 Å². The van der Waals surface area contributed by atoms with Crippen molar-refractivity contribution in [1.82, 2.24) is 19.7 Å². The molecule has 1 N–H and O–H groups in total. The number of thiazole rings is 1. The number of carbonyl (C=O) groups is 1. The number of aromatic nitrogens is 3. The number of fused-ring (bicyclic) bond motifs is 1. The molecule has 0 spiro atoms. The van der Waals surface area contributed by atoms with Crippen molar-refractivity contribution < 1.29 is 9.72 Å². The fourth-order valence-corrected chi connectivity index (χ4v) is 4.82. The lowest BCUT2D eigenvalue weighted by Crippen LogP contribution is -2.29. The standard InChI is InChI=1S/C23H20N6O3S/c30-22(20-10-12-28(26-20)17-7-4-8-18(13-17)29(31)32)25-23-24-19-9-11-27(15-21(19)33-23)14-16-5-2-1-3-6-16/h1-8,10,12-13H,9,11,14-15H2,(H,24,25,30). The predicted octanol–water partition coefficient (Wildman–Crippen LogP) is 4.05. The highest BCUT2D eigenvalue weighted by Crippen LogP contribution is 2.29. The van der Waals surface area contributed by atoms with Crippen molar-refractivity contribution in [3.63, 3.8) is 0 Å². The van der Waals surface area contributed by atoms with E-state index < -0.39 is 4.92 Å². The highest BCUT2D eigenvalue weighted by atomic mass is 32.1. The summed E-state index contributed by atoms with van der Waals surface area (Å²) in [6, 6.07) is 18.0. The van der Waals surface area contributed by atoms with E-state index in [0.717, 1.165) is 36.6 Å². The van der Waals surface area contributed by atoms with Gasteiger partial charge in [-0.25, -0.2) is 9.67 Å². The number of rotatable bonds is 6. The van der Waals surface area contributed by atoms with Gasteiger partial charge in [0.2, 0.25) is 0 Å². The van der Waals surface area contributed by atoms with Crippen LogP contribution < -0.4 is 5.32 Å². The molecule has 9 nitrogen and oxygen atoms in total. The summed E-state index contributed by atoms with van der Waals surface area (Å²) >= 11 is 1.49. The Morgan fingerprint density at radius 3 is 2.82 bits per heavy atom. The lowest BCUT2D eigenvalue weighted by atomic mass is 10.1. The third-order valence-corrected chi connectivity index (χ3v) is 6.40. The molecular weight excluding hydrogens is 440 g/mol. The number of nitrogens with one attached hydrogen (secondary N) is 1. The molecule has 4 aromatic rings. The van der Waals surface area contributed by atoms with Crippen LogP contribution in [0.25, 0.3) is 5.69 Å². The van der Waals surface area contributed by atoms with Gasteiger partial charge in [-0.15, -0.1) is 11.3 Å². The number of nitrogens with zero attached hydrogens (tertiary/aromatic N) is 5. The van der Waals surface area contributed by atoms with Gasteiger partial charge in [-0.05, 0) is 17.7 Å². The Labute approximate surface area is 193 Å². The first-order chi connectivity index (χ1) is 16.0. The zero-order chi connectivity index (χ0) is 22.8. The zero-order valence-corrected chi connectivity index (χ0v) is 18.4. The van der Waals surface area contributed by atoms with Crippen LogP contribution in [-0.4, -0.2) is 37.0 Å². The topological polar surface area (TPSA) is 106 Å². The number of anilines is 1. The maximum atomic E-state index is 12.7. The third kappa shape index (κ3) is 4.66. The van der Waals surface area contributed by atoms with Crippen LogP contribution in [0.1, 0.15) is 26.6 Å². The van der Waals surface area contributed by atoms with Crippen molar-refractivity contribution in [1.29, 1.82) is 0 Å². The summed E-state index contributed by atoms with van der Waals surface area (Å²) in [5, 5.41) is 18.7. The fourth-order valence-electron chi connectivity index (χ4n) is 3.78. The Morgan fingerprint density at radius 2 is 2.00 bits per heavy atom. The van der Waals surface area contributed by atoms with E-state index in [2.05, 4.69) is 32.4 Å². The number of nitro benzene ring substituents is 1. The maximum Gasteiger partial charge on any atom is 0.277 e. The molecule has 166 valence electrons. The minimum absolute atomic E-state index is 0.0383. The number of nitro groups is 1. The molecule has 10 heteroatoms. The Balaban J connectivity index is 1.25. The van der Waals surface area contributed by atoms with Gasteiger partial charge in [0.15, 0.2) is 10.8 Å². The van der Waals surface area contributed by atoms with E-state index in [0.29, 0.717) is 10.8 Å². The average Bonchev–Trinajstić information content (AvgIpc) is 3.47. The summed E-state index contributed by atoms with van der Waals surface area (Å²) in [4.78, 5) is 31.4. The van der Waals surface area contributed by atoms with Crippen LogP contribution in [0.2, 0.25) is 0 Å². The van der Waals surface area contributed by atoms with Gasteiger partial charge in [-0.3, -0.25) is 25.1 Å². The van der Waals surface area contributed by atoms with Crippen molar-refractivity contribution in [2.45, 2.75) is 19.5 Å². The van der Waals surface area contributed by atoms with Crippen molar-refractivity contribution in [2.75, 3.05) is 11.9 Å². The van der Waals surface area contributed by atoms with Crippen molar-refractivity contribution in [2.24, 2.45) is 0 Å². The molecule has 0 bridgehead atoms. The fraction of sp³-hybridized carbons (Fsp3) is 0.174. The molecule has 0 aliphatic carbocycles. The molecule has 0 saturated carbocycles. The number of hydrogen-bond donors (Lipinski definition) is 1. The van der Waals surface area contributed by atoms with E-state index in [-0.39, 0.29) is 17.3 Å². The van der Waals surface area contributed by atoms with Gasteiger partial charge < -0.3 is 0 Å². The van der Waals surface area contributed by atoms with Gasteiger partial charge in [-0.2, -0.15) is 5.10 Å². The minimum atomic E-state index is -0.466. The highest BCUT2D eigenvalue weighted by Gasteiger charge is 2.22. The Morgan fingerprint density at radius 1 is 1.15 bits per heavy atom. The molecule has 0 atom stereocenters. The molecule has 2 aromatic heterocycles. The Kier molecular flexibility index (Phi) is 5.68. The molecule has 1 amide bonds. The number of amides is 1. The van der Waals surface area contributed by atoms with Crippen molar-refractivity contribution >= 4 is 28.1 Å². The number of hydrogen-bond acceptors (Lipinski definition) is 7. The smallest absolute Gasteiger partial charge is 0.277 e. The molecule has 0 radical (unpaired) electrons. The molecule has 1 aliphatic rings. The summed E-state index contributed by atoms with van der Waals surface area (Å²) < 4.78 is 1.44. The summed E-state index contributed by atoms with van der Waals surface area (Å²) in [6.45, 7) is 2.61. The van der Waals surface area contributed by atoms with E-state index in [4.69, 9.17) is 0 Å². The summed E-state index contributed by atoms with van der Waals surface area (Å²) in [7, 11) is 0. The normalized spacial score (nSPS) is 13.5. The monoisotopic (exact) mass is 460 g/mol. The SMILES string of the molecule is O=C(Nc1nc2c(s1)CN(Cc1ccccc1)CC2)c1ccn(-c2cccc([N+](=O)[O-])c2)n1. The lowest BCUT2D eigenvalue weighted by molar-refractivity contribution is -0.384. The summed E-state index contributed by atoms with van der Waals surface area (Å²) in [5.41, 5.74) is 2.98. The molecule has 2 aromatic carbocycles. The van der Waals surface area contributed by atoms with Crippen LogP contribution in [0.5, 0.6) is 0 Å². The molecule has 1 aliphatic heterocycles. The van der Waals surface area contributed by atoms with Gasteiger partial charge in [0, 0.05) is 49.3 Å². The maximum absolute atomic E-state index is 12.7. The van der Waals surface area contributed by atoms with E-state index in [1.54, 1.807) is 24.4 Å². The number of benzene rings is 2. The Hall–Kier alpha value is -3.89. The van der Waals surface area contributed by atoms with Crippen LogP contribution in [0.3, 0.4) is 0 Å². The molecule has 0 fully saturated rings. The molecule has 0 saturated heterocycles. The lowest BCUT2D eigenvalue weighted by Gasteiger charge is -2.25. The molecular formula is C23H20N6O3S. The third-order valence-electron chi connectivity index (χ3n) is 5.41. The molecule has 3 heterocycles. The average molecular weight is 461 g/mol. The van der Waals surface area contributed by atoms with E-state index in [1.807, 2.05) is 18.2 Å². The Bertz CT molecular complexity index is 1320. The van der Waals surface area contributed by atoms with Gasteiger partial charge in [0.1, 0.15) is 0 Å². The first-order valence-electron chi connectivity index (χ1n) is 10.4. The predicted molar refractivity (Wildman–Crippen MR) is 125 cm³/mol. The minimum Gasteiger partial charge on any atom is -0.296 e. The first-order valence-corrected chi connectivity index (χ1v) is 11.2. The molecule has 33 heavy (non-hydrogen) atoms. The highest BCUT2D eigenvalue weighted by molar-refractivity contribution is 7.15. The number of non-ortho nitro benzene ring substituents is 1. The molecule has 5 rings (SSSR count). The van der Waals surface area contributed by atoms with E-state index in [9.17, 15) is 14.9 Å². The number of carbonyl (C=O) groups excluding carboxylic acids is 1. The van der Waals surface area contributed by atoms with E-state index >= 15 is 0 Å². The molecule has 0 unspecified atom stereocenters. The van der Waals surface area contributed by atoms with Crippen LogP contribution in [0.15, 0.2) is 66.9 Å². The van der Waals surface area contributed by atoms with Crippen LogP contribution in [0.4, 0.5) is 10.8 Å². The second kappa shape index (κ2) is 8.93. The quantitative estimate of drug-likeness (QED) is 0.344.